The highest BCUT2D eigenvalue weighted by Gasteiger charge is 2.37. The van der Waals surface area contributed by atoms with E-state index < -0.39 is 0 Å². The van der Waals surface area contributed by atoms with Crippen molar-refractivity contribution in [2.24, 2.45) is 5.41 Å². The van der Waals surface area contributed by atoms with Gasteiger partial charge in [0.15, 0.2) is 0 Å². The molecule has 1 aromatic rings. The number of nitrogens with one attached hydrogen (secondary N) is 2. The van der Waals surface area contributed by atoms with E-state index in [1.165, 1.54) is 24.2 Å². The van der Waals surface area contributed by atoms with Crippen LogP contribution in [0.3, 0.4) is 0 Å². The van der Waals surface area contributed by atoms with Gasteiger partial charge in [-0.05, 0) is 24.7 Å². The van der Waals surface area contributed by atoms with E-state index in [-0.39, 0.29) is 11.6 Å². The van der Waals surface area contributed by atoms with E-state index in [0.717, 1.165) is 13.0 Å². The summed E-state index contributed by atoms with van der Waals surface area (Å²) in [5.41, 5.74) is 6.94. The molecular weight excluding hydrogens is 272 g/mol. The number of hydrogen-bond acceptors (Lipinski definition) is 5. The predicted octanol–water partition coefficient (Wildman–Crippen LogP) is 2.55. The number of anilines is 2. The van der Waals surface area contributed by atoms with Crippen molar-refractivity contribution in [3.8, 4) is 6.07 Å². The first-order valence-electron chi connectivity index (χ1n) is 6.85. The maximum absolute atomic E-state index is 12.0. The lowest BCUT2D eigenvalue weighted by Crippen LogP contribution is -2.23. The van der Waals surface area contributed by atoms with Gasteiger partial charge in [-0.1, -0.05) is 13.8 Å². The van der Waals surface area contributed by atoms with Crippen LogP contribution in [0.4, 0.5) is 10.7 Å². The van der Waals surface area contributed by atoms with Gasteiger partial charge in [0.2, 0.25) is 0 Å². The number of carbonyl (C=O) groups excluding carboxylic acids is 1. The van der Waals surface area contributed by atoms with Crippen LogP contribution in [0.1, 0.15) is 48.3 Å². The monoisotopic (exact) mass is 292 g/mol. The summed E-state index contributed by atoms with van der Waals surface area (Å²) in [5.74, 6) is -0.198. The molecule has 4 N–H and O–H groups in total. The number of thiophene rings is 1. The molecule has 0 saturated heterocycles. The Hall–Kier alpha value is -1.74. The number of nitriles is 1. The Morgan fingerprint density at radius 2 is 2.25 bits per heavy atom. The summed E-state index contributed by atoms with van der Waals surface area (Å²) in [4.78, 5) is 12.4. The fourth-order valence-corrected chi connectivity index (χ4v) is 2.83. The highest BCUT2D eigenvalue weighted by molar-refractivity contribution is 7.18. The van der Waals surface area contributed by atoms with Gasteiger partial charge >= 0.3 is 0 Å². The van der Waals surface area contributed by atoms with Crippen molar-refractivity contribution in [1.29, 1.82) is 5.26 Å². The molecule has 0 bridgehead atoms. The van der Waals surface area contributed by atoms with Gasteiger partial charge in [0.05, 0.1) is 5.69 Å². The van der Waals surface area contributed by atoms with Crippen LogP contribution in [-0.2, 0) is 0 Å². The van der Waals surface area contributed by atoms with Crippen LogP contribution < -0.4 is 16.4 Å². The van der Waals surface area contributed by atoms with E-state index in [4.69, 9.17) is 5.73 Å². The molecule has 0 aliphatic heterocycles. The molecule has 1 amide bonds. The molecule has 1 fully saturated rings. The lowest BCUT2D eigenvalue weighted by Gasteiger charge is -2.09. The molecular formula is C14H20N4OS. The molecule has 108 valence electrons. The minimum Gasteiger partial charge on any atom is -0.396 e. The molecule has 1 saturated carbocycles. The van der Waals surface area contributed by atoms with E-state index >= 15 is 0 Å². The fourth-order valence-electron chi connectivity index (χ4n) is 1.85. The van der Waals surface area contributed by atoms with Crippen molar-refractivity contribution in [3.63, 3.8) is 0 Å². The maximum Gasteiger partial charge on any atom is 0.263 e. The smallest absolute Gasteiger partial charge is 0.263 e. The Morgan fingerprint density at radius 3 is 2.80 bits per heavy atom. The first-order valence-corrected chi connectivity index (χ1v) is 7.67. The summed E-state index contributed by atoms with van der Waals surface area (Å²) in [7, 11) is 0. The number of nitrogen functional groups attached to an aromatic ring is 1. The molecule has 0 radical (unpaired) electrons. The van der Waals surface area contributed by atoms with Crippen LogP contribution in [0.2, 0.25) is 0 Å². The van der Waals surface area contributed by atoms with Crippen molar-refractivity contribution in [2.45, 2.75) is 33.1 Å². The minimum absolute atomic E-state index is 0.198. The number of hydrogen-bond donors (Lipinski definition) is 3. The molecule has 1 heterocycles. The van der Waals surface area contributed by atoms with Gasteiger partial charge in [-0.3, -0.25) is 4.79 Å². The van der Waals surface area contributed by atoms with Gasteiger partial charge in [-0.15, -0.1) is 11.3 Å². The number of carbonyl (C=O) groups is 1. The first-order chi connectivity index (χ1) is 9.50. The zero-order valence-corrected chi connectivity index (χ0v) is 12.7. The summed E-state index contributed by atoms with van der Waals surface area (Å²) < 4.78 is 0. The quantitative estimate of drug-likeness (QED) is 0.751. The molecule has 0 aromatic carbocycles. The summed E-state index contributed by atoms with van der Waals surface area (Å²) in [6.45, 7) is 5.62. The van der Waals surface area contributed by atoms with Crippen molar-refractivity contribution in [2.75, 3.05) is 24.1 Å². The van der Waals surface area contributed by atoms with Gasteiger partial charge in [-0.25, -0.2) is 0 Å². The zero-order chi connectivity index (χ0) is 14.8. The summed E-state index contributed by atoms with van der Waals surface area (Å²) in [6.07, 6.45) is 3.27. The van der Waals surface area contributed by atoms with Gasteiger partial charge in [0.1, 0.15) is 21.5 Å². The average Bonchev–Trinajstić information content (AvgIpc) is 3.07. The molecule has 0 unspecified atom stereocenters. The third kappa shape index (κ3) is 3.05. The van der Waals surface area contributed by atoms with Crippen molar-refractivity contribution < 1.29 is 4.79 Å². The van der Waals surface area contributed by atoms with Gasteiger partial charge in [-0.2, -0.15) is 5.26 Å². The Balaban J connectivity index is 2.15. The second-order valence-corrected chi connectivity index (χ2v) is 6.60. The summed E-state index contributed by atoms with van der Waals surface area (Å²) in [6, 6.07) is 2.09. The van der Waals surface area contributed by atoms with Gasteiger partial charge in [0.25, 0.3) is 5.91 Å². The molecule has 1 aliphatic carbocycles. The molecule has 5 nitrogen and oxygen atoms in total. The lowest BCUT2D eigenvalue weighted by molar-refractivity contribution is 0.0958. The molecule has 2 rings (SSSR count). The fraction of sp³-hybridized carbons (Fsp3) is 0.571. The zero-order valence-electron chi connectivity index (χ0n) is 11.9. The van der Waals surface area contributed by atoms with Crippen LogP contribution in [0.25, 0.3) is 0 Å². The van der Waals surface area contributed by atoms with Crippen molar-refractivity contribution >= 4 is 27.9 Å². The van der Waals surface area contributed by atoms with Crippen molar-refractivity contribution in [3.05, 3.63) is 10.4 Å². The second kappa shape index (κ2) is 5.71. The van der Waals surface area contributed by atoms with E-state index in [2.05, 4.69) is 23.6 Å². The highest BCUT2D eigenvalue weighted by Crippen LogP contribution is 2.45. The van der Waals surface area contributed by atoms with Gasteiger partial charge in [0, 0.05) is 13.1 Å². The number of rotatable bonds is 6. The third-order valence-corrected chi connectivity index (χ3v) is 4.74. The molecule has 6 heteroatoms. The summed E-state index contributed by atoms with van der Waals surface area (Å²) >= 11 is 1.27. The van der Waals surface area contributed by atoms with Crippen LogP contribution in [0, 0.1) is 16.7 Å². The molecule has 1 aliphatic rings. The van der Waals surface area contributed by atoms with E-state index in [9.17, 15) is 10.1 Å². The second-order valence-electron chi connectivity index (χ2n) is 5.58. The van der Waals surface area contributed by atoms with E-state index in [1.54, 1.807) is 0 Å². The third-order valence-electron chi connectivity index (χ3n) is 3.58. The normalized spacial score (nSPS) is 15.4. The highest BCUT2D eigenvalue weighted by atomic mass is 32.1. The van der Waals surface area contributed by atoms with Crippen LogP contribution in [0.5, 0.6) is 0 Å². The molecule has 0 atom stereocenters. The van der Waals surface area contributed by atoms with E-state index in [1.807, 2.05) is 6.92 Å². The Morgan fingerprint density at radius 1 is 1.55 bits per heavy atom. The topological polar surface area (TPSA) is 90.9 Å². The number of nitrogens with zero attached hydrogens (tertiary/aromatic N) is 1. The van der Waals surface area contributed by atoms with Crippen LogP contribution in [0.15, 0.2) is 0 Å². The first kappa shape index (κ1) is 14.7. The molecule has 20 heavy (non-hydrogen) atoms. The van der Waals surface area contributed by atoms with E-state index in [0.29, 0.717) is 27.4 Å². The number of amides is 1. The lowest BCUT2D eigenvalue weighted by atomic mass is 10.1. The Bertz CT molecular complexity index is 554. The van der Waals surface area contributed by atoms with Gasteiger partial charge < -0.3 is 16.4 Å². The predicted molar refractivity (Wildman–Crippen MR) is 81.9 cm³/mol. The largest absolute Gasteiger partial charge is 0.396 e. The SMILES string of the molecule is CCCNC(=O)c1sc(NCC2(C)CC2)c(C#N)c1N. The molecule has 1 aromatic heterocycles. The maximum atomic E-state index is 12.0. The molecule has 0 spiro atoms. The standard InChI is InChI=1S/C14H20N4OS/c1-3-6-17-12(19)11-10(16)9(7-15)13(20-11)18-8-14(2)4-5-14/h18H,3-6,8,16H2,1-2H3,(H,17,19). The Labute approximate surface area is 123 Å². The average molecular weight is 292 g/mol. The van der Waals surface area contributed by atoms with Crippen LogP contribution in [-0.4, -0.2) is 19.0 Å². The number of nitrogens with two attached hydrogens (primary N) is 1. The minimum atomic E-state index is -0.198. The summed E-state index contributed by atoms with van der Waals surface area (Å²) in [5, 5.41) is 16.0. The Kier molecular flexibility index (Phi) is 4.19. The van der Waals surface area contributed by atoms with Crippen molar-refractivity contribution in [1.82, 2.24) is 5.32 Å². The van der Waals surface area contributed by atoms with Crippen LogP contribution >= 0.6 is 11.3 Å².